The fraction of sp³-hybridized carbons (Fsp3) is 0.957. The van der Waals surface area contributed by atoms with Crippen molar-refractivity contribution in [2.45, 2.75) is 96.6 Å². The molecule has 0 aromatic carbocycles. The highest BCUT2D eigenvalue weighted by Gasteiger charge is 2.70. The number of aliphatic carboxylic acids is 1. The van der Waals surface area contributed by atoms with Crippen LogP contribution in [0.2, 0.25) is 0 Å². The van der Waals surface area contributed by atoms with Crippen LogP contribution < -0.4 is 0 Å². The average molecular weight is 401 g/mol. The molecule has 2 nitrogen and oxygen atoms in total. The third-order valence-corrected chi connectivity index (χ3v) is 9.85. The van der Waals surface area contributed by atoms with Gasteiger partial charge in [0.2, 0.25) is 0 Å². The van der Waals surface area contributed by atoms with Crippen LogP contribution in [-0.4, -0.2) is 23.2 Å². The summed E-state index contributed by atoms with van der Waals surface area (Å²) in [5.41, 5.74) is -1.15. The summed E-state index contributed by atoms with van der Waals surface area (Å²) in [5.74, 6) is -3.04. The topological polar surface area (TPSA) is 37.3 Å². The molecule has 0 aliphatic heterocycles. The Morgan fingerprint density at radius 3 is 2.54 bits per heavy atom. The third kappa shape index (κ3) is 2.93. The van der Waals surface area contributed by atoms with E-state index in [1.807, 2.05) is 0 Å². The van der Waals surface area contributed by atoms with Crippen LogP contribution in [0, 0.1) is 40.4 Å². The van der Waals surface area contributed by atoms with Gasteiger partial charge in [-0.25, -0.2) is 13.2 Å². The summed E-state index contributed by atoms with van der Waals surface area (Å²) in [5, 5.41) is 8.92. The van der Waals surface area contributed by atoms with Crippen LogP contribution in [0.5, 0.6) is 0 Å². The Balaban J connectivity index is 1.59. The number of halogens is 3. The first-order valence-electron chi connectivity index (χ1n) is 11.3. The van der Waals surface area contributed by atoms with Crippen LogP contribution in [0.25, 0.3) is 0 Å². The quantitative estimate of drug-likeness (QED) is 0.586. The first-order valence-corrected chi connectivity index (χ1v) is 11.3. The fourth-order valence-corrected chi connectivity index (χ4v) is 8.21. The Kier molecular flexibility index (Phi) is 5.06. The Bertz CT molecular complexity index is 623. The highest BCUT2D eigenvalue weighted by Crippen LogP contribution is 2.71. The van der Waals surface area contributed by atoms with Gasteiger partial charge in [-0.3, -0.25) is 4.79 Å². The van der Waals surface area contributed by atoms with Crippen LogP contribution in [0.3, 0.4) is 0 Å². The van der Waals surface area contributed by atoms with Crippen molar-refractivity contribution >= 4 is 5.97 Å². The van der Waals surface area contributed by atoms with Gasteiger partial charge in [-0.2, -0.15) is 0 Å². The van der Waals surface area contributed by atoms with Crippen LogP contribution in [0.15, 0.2) is 0 Å². The first-order chi connectivity index (χ1) is 13.1. The monoisotopic (exact) mass is 400 g/mol. The molecule has 4 saturated carbocycles. The highest BCUT2D eigenvalue weighted by molar-refractivity contribution is 5.66. The number of carboxylic acids is 1. The van der Waals surface area contributed by atoms with Crippen LogP contribution in [0.1, 0.15) is 84.5 Å². The van der Waals surface area contributed by atoms with Gasteiger partial charge >= 0.3 is 5.97 Å². The minimum atomic E-state index is -2.72. The van der Waals surface area contributed by atoms with Crippen molar-refractivity contribution in [3.05, 3.63) is 0 Å². The molecule has 0 radical (unpaired) electrons. The Morgan fingerprint density at radius 1 is 1.07 bits per heavy atom. The number of hydrogen-bond donors (Lipinski definition) is 1. The lowest BCUT2D eigenvalue weighted by Gasteiger charge is -2.62. The van der Waals surface area contributed by atoms with E-state index in [2.05, 4.69) is 6.92 Å². The summed E-state index contributed by atoms with van der Waals surface area (Å²) in [6.07, 6.45) is 5.78. The maximum Gasteiger partial charge on any atom is 0.303 e. The molecule has 7 unspecified atom stereocenters. The van der Waals surface area contributed by atoms with E-state index in [1.54, 1.807) is 6.92 Å². The zero-order valence-corrected chi connectivity index (χ0v) is 17.2. The molecule has 4 rings (SSSR count). The van der Waals surface area contributed by atoms with Crippen molar-refractivity contribution in [2.24, 2.45) is 40.4 Å². The smallest absolute Gasteiger partial charge is 0.303 e. The molecule has 0 bridgehead atoms. The average Bonchev–Trinajstić information content (AvgIpc) is 2.95. The molecule has 8 atom stereocenters. The number of carboxylic acid groups (broad SMARTS) is 1. The summed E-state index contributed by atoms with van der Waals surface area (Å²) in [4.78, 5) is 10.9. The molecule has 28 heavy (non-hydrogen) atoms. The van der Waals surface area contributed by atoms with Crippen LogP contribution >= 0.6 is 0 Å². The fourth-order valence-electron chi connectivity index (χ4n) is 8.21. The zero-order chi connectivity index (χ0) is 20.3. The van der Waals surface area contributed by atoms with Gasteiger partial charge in [-0.15, -0.1) is 0 Å². The summed E-state index contributed by atoms with van der Waals surface area (Å²) in [6, 6.07) is 0. The Morgan fingerprint density at radius 2 is 1.82 bits per heavy atom. The van der Waals surface area contributed by atoms with Gasteiger partial charge in [0.25, 0.3) is 5.92 Å². The van der Waals surface area contributed by atoms with E-state index in [4.69, 9.17) is 5.11 Å². The van der Waals surface area contributed by atoms with Gasteiger partial charge < -0.3 is 5.11 Å². The summed E-state index contributed by atoms with van der Waals surface area (Å²) in [7, 11) is 0. The zero-order valence-electron chi connectivity index (χ0n) is 17.2. The maximum atomic E-state index is 15.8. The molecular formula is C23H35F3O2. The van der Waals surface area contributed by atoms with E-state index in [1.165, 1.54) is 0 Å². The second-order valence-electron chi connectivity index (χ2n) is 10.8. The molecule has 4 aliphatic rings. The van der Waals surface area contributed by atoms with Gasteiger partial charge in [0.15, 0.2) is 0 Å². The van der Waals surface area contributed by atoms with Gasteiger partial charge in [0, 0.05) is 18.3 Å². The van der Waals surface area contributed by atoms with Crippen LogP contribution in [0.4, 0.5) is 13.2 Å². The van der Waals surface area contributed by atoms with Crippen molar-refractivity contribution in [2.75, 3.05) is 0 Å². The molecule has 0 amide bonds. The van der Waals surface area contributed by atoms with Gasteiger partial charge in [0.1, 0.15) is 6.17 Å². The van der Waals surface area contributed by atoms with Gasteiger partial charge in [-0.1, -0.05) is 13.8 Å². The predicted molar refractivity (Wildman–Crippen MR) is 102 cm³/mol. The van der Waals surface area contributed by atoms with E-state index in [-0.39, 0.29) is 41.9 Å². The van der Waals surface area contributed by atoms with Crippen molar-refractivity contribution in [1.82, 2.24) is 0 Å². The summed E-state index contributed by atoms with van der Waals surface area (Å²) >= 11 is 0. The van der Waals surface area contributed by atoms with Gasteiger partial charge in [0.05, 0.1) is 0 Å². The molecule has 1 N–H and O–H groups in total. The lowest BCUT2D eigenvalue weighted by atomic mass is 9.43. The second-order valence-corrected chi connectivity index (χ2v) is 10.8. The standard InChI is InChI=1S/C23H35F3O2/c1-21-11-10-16(24)12-15(21)6-8-17-18-9-7-14(4-3-5-20(27)28)22(18,2)23(25,26)13-19(17)21/h14-19H,3-13H2,1-2H3,(H,27,28)/t14?,15?,16?,17-,18?,19?,21?,22?/m0/s1. The Labute approximate surface area is 166 Å². The second kappa shape index (κ2) is 6.91. The lowest BCUT2D eigenvalue weighted by Crippen LogP contribution is -2.60. The highest BCUT2D eigenvalue weighted by atomic mass is 19.3. The predicted octanol–water partition coefficient (Wildman–Crippen LogP) is 6.48. The summed E-state index contributed by atoms with van der Waals surface area (Å²) < 4.78 is 45.5. The molecule has 4 aliphatic carbocycles. The minimum Gasteiger partial charge on any atom is -0.481 e. The van der Waals surface area contributed by atoms with Crippen molar-refractivity contribution in [3.8, 4) is 0 Å². The number of hydrogen-bond acceptors (Lipinski definition) is 1. The maximum absolute atomic E-state index is 15.8. The largest absolute Gasteiger partial charge is 0.481 e. The van der Waals surface area contributed by atoms with E-state index in [9.17, 15) is 9.18 Å². The molecule has 0 aromatic rings. The number of alkyl halides is 3. The van der Waals surface area contributed by atoms with Crippen molar-refractivity contribution < 1.29 is 23.1 Å². The molecule has 0 heterocycles. The van der Waals surface area contributed by atoms with Crippen LogP contribution in [-0.2, 0) is 4.79 Å². The number of rotatable bonds is 4. The molecule has 5 heteroatoms. The Hall–Kier alpha value is -0.740. The van der Waals surface area contributed by atoms with E-state index < -0.39 is 23.5 Å². The van der Waals surface area contributed by atoms with Crippen molar-refractivity contribution in [3.63, 3.8) is 0 Å². The third-order valence-electron chi connectivity index (χ3n) is 9.85. The molecular weight excluding hydrogens is 365 g/mol. The number of fused-ring (bicyclic) bond motifs is 5. The molecule has 160 valence electrons. The summed E-state index contributed by atoms with van der Waals surface area (Å²) in [6.45, 7) is 3.98. The molecule has 0 saturated heterocycles. The molecule has 0 aromatic heterocycles. The lowest BCUT2D eigenvalue weighted by molar-refractivity contribution is -0.242. The first kappa shape index (κ1) is 20.5. The van der Waals surface area contributed by atoms with E-state index in [0.29, 0.717) is 31.6 Å². The van der Waals surface area contributed by atoms with Gasteiger partial charge in [-0.05, 0) is 92.8 Å². The van der Waals surface area contributed by atoms with E-state index >= 15 is 8.78 Å². The number of carbonyl (C=O) groups is 1. The normalized spacial score (nSPS) is 49.8. The molecule has 0 spiro atoms. The van der Waals surface area contributed by atoms with E-state index in [0.717, 1.165) is 32.1 Å². The minimum absolute atomic E-state index is 0.00425. The van der Waals surface area contributed by atoms with Crippen molar-refractivity contribution in [1.29, 1.82) is 0 Å². The molecule has 4 fully saturated rings. The SMILES string of the molecule is CC12CCC(F)CC1CC[C@@H]1C2CC(F)(F)C2(C)C(CCCC(=O)O)CCC12.